The largest absolute Gasteiger partial charge is 0.481 e. The summed E-state index contributed by atoms with van der Waals surface area (Å²) in [6, 6.07) is 0. The number of carboxylic acids is 1. The van der Waals surface area contributed by atoms with Crippen LogP contribution < -0.4 is 0 Å². The van der Waals surface area contributed by atoms with Gasteiger partial charge in [0, 0.05) is 24.7 Å². The number of carbonyl (C=O) groups is 1. The Morgan fingerprint density at radius 3 is 3.06 bits per heavy atom. The van der Waals surface area contributed by atoms with E-state index in [1.165, 1.54) is 0 Å². The van der Waals surface area contributed by atoms with Gasteiger partial charge in [-0.1, -0.05) is 13.3 Å². The van der Waals surface area contributed by atoms with Crippen molar-refractivity contribution in [2.45, 2.75) is 26.3 Å². The summed E-state index contributed by atoms with van der Waals surface area (Å²) in [6.45, 7) is 4.47. The summed E-state index contributed by atoms with van der Waals surface area (Å²) in [6.07, 6.45) is 3.86. The molecule has 5 heteroatoms. The third kappa shape index (κ3) is 3.04. The topological polar surface area (TPSA) is 53.4 Å². The SMILES string of the molecule is CCC[C@@H]1CN(Cc2nccs2)C[C@H]1C(=O)O. The molecular formula is C12H18N2O2S. The number of carboxylic acid groups (broad SMARTS) is 1. The molecule has 1 N–H and O–H groups in total. The highest BCUT2D eigenvalue weighted by Crippen LogP contribution is 2.28. The fourth-order valence-electron chi connectivity index (χ4n) is 2.56. The number of thiazole rings is 1. The zero-order valence-corrected chi connectivity index (χ0v) is 10.8. The van der Waals surface area contributed by atoms with E-state index in [2.05, 4.69) is 16.8 Å². The summed E-state index contributed by atoms with van der Waals surface area (Å²) in [5.41, 5.74) is 0. The van der Waals surface area contributed by atoms with Gasteiger partial charge in [0.25, 0.3) is 0 Å². The van der Waals surface area contributed by atoms with Gasteiger partial charge < -0.3 is 5.11 Å². The van der Waals surface area contributed by atoms with E-state index in [0.29, 0.717) is 12.5 Å². The molecule has 0 bridgehead atoms. The first-order valence-corrected chi connectivity index (χ1v) is 6.92. The monoisotopic (exact) mass is 254 g/mol. The highest BCUT2D eigenvalue weighted by molar-refractivity contribution is 7.09. The minimum atomic E-state index is -0.648. The lowest BCUT2D eigenvalue weighted by molar-refractivity contribution is -0.142. The van der Waals surface area contributed by atoms with Crippen LogP contribution in [0.4, 0.5) is 0 Å². The van der Waals surface area contributed by atoms with E-state index in [-0.39, 0.29) is 5.92 Å². The molecule has 94 valence electrons. The van der Waals surface area contributed by atoms with Gasteiger partial charge >= 0.3 is 5.97 Å². The number of likely N-dealkylation sites (tertiary alicyclic amines) is 1. The summed E-state index contributed by atoms with van der Waals surface area (Å²) in [7, 11) is 0. The molecule has 0 saturated carbocycles. The molecule has 1 aliphatic rings. The van der Waals surface area contributed by atoms with Crippen molar-refractivity contribution in [3.05, 3.63) is 16.6 Å². The van der Waals surface area contributed by atoms with Crippen molar-refractivity contribution in [2.75, 3.05) is 13.1 Å². The second kappa shape index (κ2) is 5.60. The Hall–Kier alpha value is -0.940. The van der Waals surface area contributed by atoms with Gasteiger partial charge in [-0.05, 0) is 12.3 Å². The maximum atomic E-state index is 11.2. The average Bonchev–Trinajstić information content (AvgIpc) is 2.89. The lowest BCUT2D eigenvalue weighted by Crippen LogP contribution is -2.23. The number of aromatic nitrogens is 1. The van der Waals surface area contributed by atoms with Crippen molar-refractivity contribution < 1.29 is 9.90 Å². The minimum Gasteiger partial charge on any atom is -0.481 e. The number of rotatable bonds is 5. The highest BCUT2D eigenvalue weighted by atomic mass is 32.1. The van der Waals surface area contributed by atoms with Gasteiger partial charge in [-0.2, -0.15) is 0 Å². The lowest BCUT2D eigenvalue weighted by atomic mass is 9.92. The molecule has 0 aliphatic carbocycles. The summed E-state index contributed by atoms with van der Waals surface area (Å²) in [4.78, 5) is 17.7. The maximum absolute atomic E-state index is 11.2. The van der Waals surface area contributed by atoms with Crippen molar-refractivity contribution >= 4 is 17.3 Å². The van der Waals surface area contributed by atoms with E-state index in [1.54, 1.807) is 17.5 Å². The summed E-state index contributed by atoms with van der Waals surface area (Å²) in [5, 5.41) is 12.3. The maximum Gasteiger partial charge on any atom is 0.308 e. The molecule has 0 unspecified atom stereocenters. The molecule has 0 radical (unpaired) electrons. The highest BCUT2D eigenvalue weighted by Gasteiger charge is 2.36. The normalized spacial score (nSPS) is 25.2. The van der Waals surface area contributed by atoms with E-state index in [9.17, 15) is 9.90 Å². The summed E-state index contributed by atoms with van der Waals surface area (Å²) in [5.74, 6) is -0.544. The van der Waals surface area contributed by atoms with Crippen molar-refractivity contribution in [2.24, 2.45) is 11.8 Å². The van der Waals surface area contributed by atoms with E-state index in [4.69, 9.17) is 0 Å². The zero-order chi connectivity index (χ0) is 12.3. The predicted molar refractivity (Wildman–Crippen MR) is 66.9 cm³/mol. The van der Waals surface area contributed by atoms with Gasteiger partial charge in [-0.3, -0.25) is 9.69 Å². The molecule has 4 nitrogen and oxygen atoms in total. The van der Waals surface area contributed by atoms with Gasteiger partial charge in [0.05, 0.1) is 12.5 Å². The average molecular weight is 254 g/mol. The first kappa shape index (κ1) is 12.5. The molecule has 1 fully saturated rings. The third-order valence-corrected chi connectivity index (χ3v) is 4.10. The van der Waals surface area contributed by atoms with Crippen LogP contribution in [0.3, 0.4) is 0 Å². The molecule has 0 spiro atoms. The van der Waals surface area contributed by atoms with Crippen LogP contribution in [0.25, 0.3) is 0 Å². The van der Waals surface area contributed by atoms with Crippen molar-refractivity contribution in [1.82, 2.24) is 9.88 Å². The Balaban J connectivity index is 1.96. The molecule has 2 rings (SSSR count). The zero-order valence-electron chi connectivity index (χ0n) is 10.0. The quantitative estimate of drug-likeness (QED) is 0.874. The van der Waals surface area contributed by atoms with Crippen LogP contribution in [-0.4, -0.2) is 34.0 Å². The van der Waals surface area contributed by atoms with E-state index in [1.807, 2.05) is 5.38 Å². The van der Waals surface area contributed by atoms with E-state index >= 15 is 0 Å². The van der Waals surface area contributed by atoms with Crippen LogP contribution >= 0.6 is 11.3 Å². The van der Waals surface area contributed by atoms with E-state index < -0.39 is 5.97 Å². The third-order valence-electron chi connectivity index (χ3n) is 3.34. The Morgan fingerprint density at radius 2 is 2.47 bits per heavy atom. The Kier molecular flexibility index (Phi) is 4.12. The minimum absolute atomic E-state index is 0.199. The molecule has 2 heterocycles. The number of hydrogen-bond donors (Lipinski definition) is 1. The molecule has 17 heavy (non-hydrogen) atoms. The Labute approximate surface area is 105 Å². The predicted octanol–water partition coefficient (Wildman–Crippen LogP) is 2.08. The molecule has 0 aromatic carbocycles. The summed E-state index contributed by atoms with van der Waals surface area (Å²) >= 11 is 1.63. The van der Waals surface area contributed by atoms with Crippen molar-refractivity contribution in [3.8, 4) is 0 Å². The van der Waals surface area contributed by atoms with Crippen molar-refractivity contribution in [1.29, 1.82) is 0 Å². The second-order valence-corrected chi connectivity index (χ2v) is 5.59. The smallest absolute Gasteiger partial charge is 0.308 e. The van der Waals surface area contributed by atoms with E-state index in [0.717, 1.165) is 30.9 Å². The first-order chi connectivity index (χ1) is 8.20. The fraction of sp³-hybridized carbons (Fsp3) is 0.667. The molecule has 1 aliphatic heterocycles. The van der Waals surface area contributed by atoms with Gasteiger partial charge in [-0.15, -0.1) is 11.3 Å². The molecule has 1 aromatic rings. The first-order valence-electron chi connectivity index (χ1n) is 6.04. The van der Waals surface area contributed by atoms with Crippen LogP contribution in [0.15, 0.2) is 11.6 Å². The molecular weight excluding hydrogens is 236 g/mol. The number of aliphatic carboxylic acids is 1. The summed E-state index contributed by atoms with van der Waals surface area (Å²) < 4.78 is 0. The van der Waals surface area contributed by atoms with Crippen LogP contribution in [0, 0.1) is 11.8 Å². The molecule has 1 aromatic heterocycles. The Morgan fingerprint density at radius 1 is 1.65 bits per heavy atom. The van der Waals surface area contributed by atoms with Crippen molar-refractivity contribution in [3.63, 3.8) is 0 Å². The molecule has 1 saturated heterocycles. The molecule has 2 atom stereocenters. The number of hydrogen-bond acceptors (Lipinski definition) is 4. The van der Waals surface area contributed by atoms with Crippen LogP contribution in [0.5, 0.6) is 0 Å². The fourth-order valence-corrected chi connectivity index (χ4v) is 3.21. The van der Waals surface area contributed by atoms with Crippen LogP contribution in [0.2, 0.25) is 0 Å². The standard InChI is InChI=1S/C12H18N2O2S/c1-2-3-9-6-14(7-10(9)12(15)16)8-11-13-4-5-17-11/h4-5,9-10H,2-3,6-8H2,1H3,(H,15,16)/t9-,10-/m1/s1. The molecule has 0 amide bonds. The Bertz CT molecular complexity index is 367. The lowest BCUT2D eigenvalue weighted by Gasteiger charge is -2.13. The van der Waals surface area contributed by atoms with Gasteiger partial charge in [0.15, 0.2) is 0 Å². The van der Waals surface area contributed by atoms with Gasteiger partial charge in [-0.25, -0.2) is 4.98 Å². The van der Waals surface area contributed by atoms with Crippen LogP contribution in [0.1, 0.15) is 24.8 Å². The van der Waals surface area contributed by atoms with Gasteiger partial charge in [0.1, 0.15) is 5.01 Å². The van der Waals surface area contributed by atoms with Crippen LogP contribution in [-0.2, 0) is 11.3 Å². The number of nitrogens with zero attached hydrogens (tertiary/aromatic N) is 2. The second-order valence-electron chi connectivity index (χ2n) is 4.61. The van der Waals surface area contributed by atoms with Gasteiger partial charge in [0.2, 0.25) is 0 Å².